The molecule has 4 rings (SSSR count). The summed E-state index contributed by atoms with van der Waals surface area (Å²) in [5.41, 5.74) is 1.16. The number of urea groups is 1. The van der Waals surface area contributed by atoms with Gasteiger partial charge in [0.1, 0.15) is 5.69 Å². The maximum Gasteiger partial charge on any atom is 0.388 e. The standard InChI is InChI=1S/C20H23F2N7O4/c1-11(10-30)24-19(31)26-16-8-14-12(2)28(6-7-29(14)27-16)20-23-9-15(32-20)13-4-3-5-17(25-13)33-18(21)22/h3-5,8-9,11-12,18,30H,6-7,10H2,1-2H3,(H2,24,26,27,31)/t11-,12?/m1/s1. The Hall–Kier alpha value is -3.74. The van der Waals surface area contributed by atoms with Crippen LogP contribution in [0.1, 0.15) is 25.6 Å². The summed E-state index contributed by atoms with van der Waals surface area (Å²) in [5.74, 6) is 0.482. The molecule has 0 fully saturated rings. The van der Waals surface area contributed by atoms with Crippen LogP contribution in [0.5, 0.6) is 5.88 Å². The molecular weight excluding hydrogens is 440 g/mol. The van der Waals surface area contributed by atoms with Crippen LogP contribution >= 0.6 is 0 Å². The van der Waals surface area contributed by atoms with Crippen LogP contribution in [0.4, 0.5) is 25.4 Å². The Kier molecular flexibility index (Phi) is 6.40. The lowest BCUT2D eigenvalue weighted by Crippen LogP contribution is -2.38. The number of pyridine rings is 1. The zero-order valence-corrected chi connectivity index (χ0v) is 17.9. The Morgan fingerprint density at radius 3 is 2.97 bits per heavy atom. The first-order valence-corrected chi connectivity index (χ1v) is 10.2. The first-order valence-electron chi connectivity index (χ1n) is 10.2. The third-order valence-electron chi connectivity index (χ3n) is 5.08. The van der Waals surface area contributed by atoms with Crippen molar-refractivity contribution in [1.29, 1.82) is 0 Å². The van der Waals surface area contributed by atoms with Gasteiger partial charge in [0.25, 0.3) is 6.01 Å². The maximum absolute atomic E-state index is 12.5. The van der Waals surface area contributed by atoms with E-state index in [1.54, 1.807) is 23.7 Å². The number of alkyl halides is 2. The van der Waals surface area contributed by atoms with Crippen molar-refractivity contribution in [2.75, 3.05) is 23.4 Å². The van der Waals surface area contributed by atoms with Crippen molar-refractivity contribution in [3.8, 4) is 17.3 Å². The molecule has 1 aliphatic heterocycles. The van der Waals surface area contributed by atoms with E-state index in [2.05, 4.69) is 30.4 Å². The number of rotatable bonds is 7. The average Bonchev–Trinajstić information content (AvgIpc) is 3.41. The molecule has 176 valence electrons. The van der Waals surface area contributed by atoms with Crippen LogP contribution in [0.25, 0.3) is 11.5 Å². The van der Waals surface area contributed by atoms with Gasteiger partial charge in [-0.3, -0.25) is 10.00 Å². The molecule has 4 heterocycles. The Morgan fingerprint density at radius 2 is 2.21 bits per heavy atom. The van der Waals surface area contributed by atoms with Crippen LogP contribution in [-0.2, 0) is 6.54 Å². The quantitative estimate of drug-likeness (QED) is 0.488. The number of carbonyl (C=O) groups excluding carboxylic acids is 1. The number of aliphatic hydroxyl groups excluding tert-OH is 1. The summed E-state index contributed by atoms with van der Waals surface area (Å²) in [6.07, 6.45) is 1.47. The fraction of sp³-hybridized carbons (Fsp3) is 0.400. The van der Waals surface area contributed by atoms with Gasteiger partial charge in [0.15, 0.2) is 11.6 Å². The highest BCUT2D eigenvalue weighted by atomic mass is 19.3. The van der Waals surface area contributed by atoms with Gasteiger partial charge in [-0.15, -0.1) is 0 Å². The number of halogens is 2. The molecule has 2 atom stereocenters. The molecule has 0 spiro atoms. The van der Waals surface area contributed by atoms with E-state index in [1.807, 2.05) is 11.8 Å². The SMILES string of the molecule is CC1c2cc(NC(=O)N[C@H](C)CO)nn2CCN1c1ncc(-c2cccc(OC(F)F)n2)o1. The van der Waals surface area contributed by atoms with E-state index in [0.29, 0.717) is 36.4 Å². The molecule has 11 nitrogen and oxygen atoms in total. The number of hydrogen-bond donors (Lipinski definition) is 3. The number of oxazole rings is 1. The second kappa shape index (κ2) is 9.40. The number of aromatic nitrogens is 4. The second-order valence-corrected chi connectivity index (χ2v) is 7.48. The number of nitrogens with one attached hydrogen (secondary N) is 2. The van der Waals surface area contributed by atoms with Gasteiger partial charge in [-0.1, -0.05) is 6.07 Å². The molecule has 3 N–H and O–H groups in total. The fourth-order valence-electron chi connectivity index (χ4n) is 3.47. The lowest BCUT2D eigenvalue weighted by molar-refractivity contribution is -0.0527. The Bertz CT molecular complexity index is 1120. The number of amides is 2. The molecule has 0 saturated carbocycles. The van der Waals surface area contributed by atoms with Crippen LogP contribution in [-0.4, -0.2) is 56.7 Å². The number of aliphatic hydroxyl groups is 1. The minimum absolute atomic E-state index is 0.170. The normalized spacial score (nSPS) is 16.4. The largest absolute Gasteiger partial charge is 0.422 e. The summed E-state index contributed by atoms with van der Waals surface area (Å²) in [6.45, 7) is 1.56. The van der Waals surface area contributed by atoms with Crippen LogP contribution in [0.15, 0.2) is 34.9 Å². The van der Waals surface area contributed by atoms with Gasteiger partial charge in [-0.2, -0.15) is 13.9 Å². The second-order valence-electron chi connectivity index (χ2n) is 7.48. The third kappa shape index (κ3) is 5.03. The number of fused-ring (bicyclic) bond motifs is 1. The summed E-state index contributed by atoms with van der Waals surface area (Å²) in [5, 5.41) is 18.7. The van der Waals surface area contributed by atoms with Gasteiger partial charge in [0, 0.05) is 18.7 Å². The van der Waals surface area contributed by atoms with E-state index < -0.39 is 12.6 Å². The van der Waals surface area contributed by atoms with Crippen molar-refractivity contribution in [2.45, 2.75) is 39.1 Å². The molecule has 0 bridgehead atoms. The summed E-state index contributed by atoms with van der Waals surface area (Å²) >= 11 is 0. The van der Waals surface area contributed by atoms with Crippen LogP contribution in [0.3, 0.4) is 0 Å². The van der Waals surface area contributed by atoms with Crippen molar-refractivity contribution >= 4 is 17.9 Å². The molecule has 3 aromatic rings. The van der Waals surface area contributed by atoms with Crippen LogP contribution in [0, 0.1) is 0 Å². The highest BCUT2D eigenvalue weighted by molar-refractivity contribution is 5.88. The van der Waals surface area contributed by atoms with E-state index >= 15 is 0 Å². The molecule has 0 aliphatic carbocycles. The number of anilines is 2. The van der Waals surface area contributed by atoms with Gasteiger partial charge in [-0.25, -0.2) is 14.8 Å². The van der Waals surface area contributed by atoms with Gasteiger partial charge >= 0.3 is 12.6 Å². The molecular formula is C20H23F2N7O4. The van der Waals surface area contributed by atoms with Crippen molar-refractivity contribution in [1.82, 2.24) is 25.1 Å². The van der Waals surface area contributed by atoms with E-state index in [0.717, 1.165) is 5.69 Å². The lowest BCUT2D eigenvalue weighted by atomic mass is 10.1. The van der Waals surface area contributed by atoms with E-state index in [-0.39, 0.29) is 24.6 Å². The first kappa shape index (κ1) is 22.5. The third-order valence-corrected chi connectivity index (χ3v) is 5.08. The minimum atomic E-state index is -2.97. The topological polar surface area (TPSA) is 131 Å². The Morgan fingerprint density at radius 1 is 1.39 bits per heavy atom. The first-order chi connectivity index (χ1) is 15.8. The van der Waals surface area contributed by atoms with Crippen molar-refractivity contribution < 1.29 is 27.8 Å². The number of ether oxygens (including phenoxy) is 1. The van der Waals surface area contributed by atoms with Gasteiger partial charge in [0.05, 0.1) is 37.1 Å². The molecule has 2 amide bonds. The van der Waals surface area contributed by atoms with Gasteiger partial charge in [-0.05, 0) is 19.9 Å². The lowest BCUT2D eigenvalue weighted by Gasteiger charge is -2.32. The maximum atomic E-state index is 12.5. The van der Waals surface area contributed by atoms with Gasteiger partial charge < -0.3 is 24.5 Å². The van der Waals surface area contributed by atoms with Crippen molar-refractivity contribution in [3.63, 3.8) is 0 Å². The molecule has 0 saturated heterocycles. The summed E-state index contributed by atoms with van der Waals surface area (Å²) in [4.78, 5) is 22.3. The Labute approximate surface area is 187 Å². The molecule has 13 heteroatoms. The minimum Gasteiger partial charge on any atom is -0.422 e. The zero-order chi connectivity index (χ0) is 23.5. The molecule has 0 radical (unpaired) electrons. The van der Waals surface area contributed by atoms with Crippen LogP contribution < -0.4 is 20.3 Å². The number of nitrogens with zero attached hydrogens (tertiary/aromatic N) is 5. The van der Waals surface area contributed by atoms with Crippen molar-refractivity contribution in [2.24, 2.45) is 0 Å². The van der Waals surface area contributed by atoms with Crippen LogP contribution in [0.2, 0.25) is 0 Å². The number of hydrogen-bond acceptors (Lipinski definition) is 8. The molecule has 3 aromatic heterocycles. The van der Waals surface area contributed by atoms with Crippen molar-refractivity contribution in [3.05, 3.63) is 36.2 Å². The highest BCUT2D eigenvalue weighted by Crippen LogP contribution is 2.33. The highest BCUT2D eigenvalue weighted by Gasteiger charge is 2.29. The number of carbonyl (C=O) groups is 1. The predicted molar refractivity (Wildman–Crippen MR) is 113 cm³/mol. The Balaban J connectivity index is 1.48. The molecule has 1 aliphatic rings. The van der Waals surface area contributed by atoms with Gasteiger partial charge in [0.2, 0.25) is 5.88 Å². The van der Waals surface area contributed by atoms with E-state index in [4.69, 9.17) is 9.52 Å². The van der Waals surface area contributed by atoms with E-state index in [9.17, 15) is 13.6 Å². The summed E-state index contributed by atoms with van der Waals surface area (Å²) in [6, 6.07) is 5.57. The molecule has 33 heavy (non-hydrogen) atoms. The average molecular weight is 463 g/mol. The predicted octanol–water partition coefficient (Wildman–Crippen LogP) is 2.62. The summed E-state index contributed by atoms with van der Waals surface area (Å²) in [7, 11) is 0. The molecule has 0 aromatic carbocycles. The zero-order valence-electron chi connectivity index (χ0n) is 17.9. The molecule has 1 unspecified atom stereocenters. The fourth-order valence-corrected chi connectivity index (χ4v) is 3.47. The van der Waals surface area contributed by atoms with E-state index in [1.165, 1.54) is 18.3 Å². The smallest absolute Gasteiger partial charge is 0.388 e. The summed E-state index contributed by atoms with van der Waals surface area (Å²) < 4.78 is 36.9. The monoisotopic (exact) mass is 463 g/mol.